The van der Waals surface area contributed by atoms with E-state index in [-0.39, 0.29) is 0 Å². The van der Waals surface area contributed by atoms with Gasteiger partial charge in [-0.25, -0.2) is 0 Å². The number of anilines is 2. The van der Waals surface area contributed by atoms with Crippen LogP contribution in [0.3, 0.4) is 0 Å². The van der Waals surface area contributed by atoms with E-state index in [1.807, 2.05) is 13.8 Å². The summed E-state index contributed by atoms with van der Waals surface area (Å²) >= 11 is 0. The van der Waals surface area contributed by atoms with Crippen molar-refractivity contribution in [3.8, 4) is 5.88 Å². The van der Waals surface area contributed by atoms with Crippen molar-refractivity contribution in [1.82, 2.24) is 4.98 Å². The highest BCUT2D eigenvalue weighted by Gasteiger charge is 2.19. The zero-order chi connectivity index (χ0) is 15.2. The van der Waals surface area contributed by atoms with Gasteiger partial charge in [-0.2, -0.15) is 4.98 Å². The molecule has 4 N–H and O–H groups in total. The molecule has 0 aliphatic carbocycles. The third-order valence-electron chi connectivity index (χ3n) is 2.88. The van der Waals surface area contributed by atoms with Crippen LogP contribution in [-0.2, 0) is 0 Å². The molecule has 1 aromatic heterocycles. The highest BCUT2D eigenvalue weighted by Crippen LogP contribution is 2.22. The molecular weight excluding hydrogens is 254 g/mol. The van der Waals surface area contributed by atoms with Crippen LogP contribution in [0.2, 0.25) is 0 Å². The summed E-state index contributed by atoms with van der Waals surface area (Å²) < 4.78 is 5.58. The number of pyridine rings is 1. The number of aliphatic hydroxyl groups is 1. The Morgan fingerprint density at radius 3 is 2.75 bits per heavy atom. The normalized spacial score (nSPS) is 14.1. The number of nitrogens with one attached hydrogen (secondary N) is 1. The SMILES string of the molecule is CCCC(C)(O)CNc1ccc(N)c(OCC(C)C)n1. The van der Waals surface area contributed by atoms with Crippen LogP contribution in [0.25, 0.3) is 0 Å². The lowest BCUT2D eigenvalue weighted by Crippen LogP contribution is -2.33. The second-order valence-corrected chi connectivity index (χ2v) is 5.90. The van der Waals surface area contributed by atoms with E-state index < -0.39 is 5.60 Å². The molecule has 1 unspecified atom stereocenters. The zero-order valence-electron chi connectivity index (χ0n) is 12.9. The Hall–Kier alpha value is -1.49. The second-order valence-electron chi connectivity index (χ2n) is 5.90. The molecule has 0 aliphatic heterocycles. The van der Waals surface area contributed by atoms with Crippen molar-refractivity contribution < 1.29 is 9.84 Å². The number of nitrogen functional groups attached to an aromatic ring is 1. The number of aromatic nitrogens is 1. The molecule has 1 atom stereocenters. The molecular formula is C15H27N3O2. The van der Waals surface area contributed by atoms with Gasteiger partial charge in [0, 0.05) is 6.54 Å². The van der Waals surface area contributed by atoms with E-state index in [1.165, 1.54) is 0 Å². The van der Waals surface area contributed by atoms with E-state index in [0.717, 1.165) is 12.8 Å². The van der Waals surface area contributed by atoms with Crippen molar-refractivity contribution in [2.45, 2.75) is 46.1 Å². The predicted molar refractivity (Wildman–Crippen MR) is 83.0 cm³/mol. The fourth-order valence-electron chi connectivity index (χ4n) is 1.82. The molecule has 0 fully saturated rings. The monoisotopic (exact) mass is 281 g/mol. The number of hydrogen-bond donors (Lipinski definition) is 3. The Kier molecular flexibility index (Phi) is 6.07. The molecule has 0 bridgehead atoms. The Morgan fingerprint density at radius 2 is 2.15 bits per heavy atom. The summed E-state index contributed by atoms with van der Waals surface area (Å²) in [7, 11) is 0. The average Bonchev–Trinajstić information content (AvgIpc) is 2.36. The standard InChI is InChI=1S/C15H27N3O2/c1-5-8-15(4,19)10-17-13-7-6-12(16)14(18-13)20-9-11(2)3/h6-7,11,19H,5,8-10,16H2,1-4H3,(H,17,18). The minimum absolute atomic E-state index is 0.415. The van der Waals surface area contributed by atoms with Gasteiger partial charge in [-0.1, -0.05) is 27.2 Å². The molecule has 20 heavy (non-hydrogen) atoms. The Labute approximate surface area is 121 Å². The zero-order valence-corrected chi connectivity index (χ0v) is 12.9. The van der Waals surface area contributed by atoms with Crippen molar-refractivity contribution in [3.05, 3.63) is 12.1 Å². The van der Waals surface area contributed by atoms with Gasteiger partial charge in [0.2, 0.25) is 5.88 Å². The summed E-state index contributed by atoms with van der Waals surface area (Å²) in [6, 6.07) is 3.55. The first-order valence-electron chi connectivity index (χ1n) is 7.19. The molecule has 0 radical (unpaired) electrons. The van der Waals surface area contributed by atoms with Gasteiger partial charge in [0.1, 0.15) is 5.82 Å². The van der Waals surface area contributed by atoms with Gasteiger partial charge in [0.05, 0.1) is 17.9 Å². The van der Waals surface area contributed by atoms with Crippen LogP contribution in [0.4, 0.5) is 11.5 Å². The first-order valence-corrected chi connectivity index (χ1v) is 7.19. The lowest BCUT2D eigenvalue weighted by Gasteiger charge is -2.23. The molecule has 0 spiro atoms. The Morgan fingerprint density at radius 1 is 1.45 bits per heavy atom. The average molecular weight is 281 g/mol. The summed E-state index contributed by atoms with van der Waals surface area (Å²) in [6.07, 6.45) is 1.68. The summed E-state index contributed by atoms with van der Waals surface area (Å²) in [5.74, 6) is 1.52. The lowest BCUT2D eigenvalue weighted by molar-refractivity contribution is 0.0636. The van der Waals surface area contributed by atoms with Crippen LogP contribution in [0.5, 0.6) is 5.88 Å². The van der Waals surface area contributed by atoms with Crippen LogP contribution in [-0.4, -0.2) is 28.8 Å². The van der Waals surface area contributed by atoms with Gasteiger partial charge in [-0.3, -0.25) is 0 Å². The maximum Gasteiger partial charge on any atom is 0.239 e. The molecule has 0 aromatic carbocycles. The quantitative estimate of drug-likeness (QED) is 0.682. The molecule has 0 aliphatic rings. The fourth-order valence-corrected chi connectivity index (χ4v) is 1.82. The number of nitrogens with two attached hydrogens (primary N) is 1. The first-order chi connectivity index (χ1) is 9.34. The summed E-state index contributed by atoms with van der Waals surface area (Å²) in [5.41, 5.74) is 5.63. The fraction of sp³-hybridized carbons (Fsp3) is 0.667. The van der Waals surface area contributed by atoms with Gasteiger partial charge >= 0.3 is 0 Å². The number of nitrogens with zero attached hydrogens (tertiary/aromatic N) is 1. The van der Waals surface area contributed by atoms with E-state index in [9.17, 15) is 5.11 Å². The van der Waals surface area contributed by atoms with E-state index in [2.05, 4.69) is 24.1 Å². The van der Waals surface area contributed by atoms with Gasteiger partial charge in [0.15, 0.2) is 0 Å². The lowest BCUT2D eigenvalue weighted by atomic mass is 10.0. The van der Waals surface area contributed by atoms with Crippen LogP contribution in [0, 0.1) is 5.92 Å². The van der Waals surface area contributed by atoms with Gasteiger partial charge in [-0.15, -0.1) is 0 Å². The second kappa shape index (κ2) is 7.33. The van der Waals surface area contributed by atoms with Crippen molar-refractivity contribution >= 4 is 11.5 Å². The predicted octanol–water partition coefficient (Wildman–Crippen LogP) is 2.66. The molecule has 1 aromatic rings. The minimum atomic E-state index is -0.739. The van der Waals surface area contributed by atoms with Crippen molar-refractivity contribution in [1.29, 1.82) is 0 Å². The van der Waals surface area contributed by atoms with E-state index >= 15 is 0 Å². The molecule has 1 rings (SSSR count). The smallest absolute Gasteiger partial charge is 0.239 e. The van der Waals surface area contributed by atoms with Crippen molar-refractivity contribution in [3.63, 3.8) is 0 Å². The van der Waals surface area contributed by atoms with E-state index in [4.69, 9.17) is 10.5 Å². The van der Waals surface area contributed by atoms with Crippen LogP contribution >= 0.6 is 0 Å². The Balaban J connectivity index is 2.65. The maximum atomic E-state index is 10.1. The molecule has 0 amide bonds. The van der Waals surface area contributed by atoms with Crippen LogP contribution in [0.1, 0.15) is 40.5 Å². The van der Waals surface area contributed by atoms with Crippen LogP contribution in [0.15, 0.2) is 12.1 Å². The maximum absolute atomic E-state index is 10.1. The molecule has 0 saturated carbocycles. The summed E-state index contributed by atoms with van der Waals surface area (Å²) in [5, 5.41) is 13.3. The van der Waals surface area contributed by atoms with Gasteiger partial charge < -0.3 is 20.9 Å². The van der Waals surface area contributed by atoms with E-state index in [0.29, 0.717) is 36.5 Å². The molecule has 0 saturated heterocycles. The van der Waals surface area contributed by atoms with Gasteiger partial charge in [-0.05, 0) is 31.4 Å². The highest BCUT2D eigenvalue weighted by atomic mass is 16.5. The number of ether oxygens (including phenoxy) is 1. The third kappa shape index (κ3) is 5.65. The molecule has 5 heteroatoms. The molecule has 114 valence electrons. The van der Waals surface area contributed by atoms with Crippen molar-refractivity contribution in [2.75, 3.05) is 24.2 Å². The van der Waals surface area contributed by atoms with Crippen LogP contribution < -0.4 is 15.8 Å². The number of rotatable bonds is 8. The molecule has 5 nitrogen and oxygen atoms in total. The summed E-state index contributed by atoms with van der Waals surface area (Å²) in [4.78, 5) is 4.34. The highest BCUT2D eigenvalue weighted by molar-refractivity contribution is 5.53. The first kappa shape index (κ1) is 16.6. The largest absolute Gasteiger partial charge is 0.476 e. The Bertz CT molecular complexity index is 420. The molecule has 1 heterocycles. The third-order valence-corrected chi connectivity index (χ3v) is 2.88. The van der Waals surface area contributed by atoms with E-state index in [1.54, 1.807) is 12.1 Å². The summed E-state index contributed by atoms with van der Waals surface area (Å²) in [6.45, 7) is 9.03. The number of hydrogen-bond acceptors (Lipinski definition) is 5. The van der Waals surface area contributed by atoms with Gasteiger partial charge in [0.25, 0.3) is 0 Å². The topological polar surface area (TPSA) is 80.4 Å². The minimum Gasteiger partial charge on any atom is -0.476 e. The van der Waals surface area contributed by atoms with Crippen molar-refractivity contribution in [2.24, 2.45) is 5.92 Å².